The van der Waals surface area contributed by atoms with Crippen molar-refractivity contribution in [3.8, 4) is 0 Å². The molecule has 0 aliphatic rings. The first-order chi connectivity index (χ1) is 6.19. The second-order valence-corrected chi connectivity index (χ2v) is 4.71. The molecule has 0 saturated heterocycles. The number of aliphatic hydroxyl groups excluding tert-OH is 1. The number of rotatable bonds is 3. The summed E-state index contributed by atoms with van der Waals surface area (Å²) in [5, 5.41) is 12.1. The lowest BCUT2D eigenvalue weighted by Gasteiger charge is -2.13. The van der Waals surface area contributed by atoms with Crippen molar-refractivity contribution in [1.82, 2.24) is 5.32 Å². The zero-order valence-corrected chi connectivity index (χ0v) is 11.0. The van der Waals surface area contributed by atoms with Gasteiger partial charge in [0.15, 0.2) is 0 Å². The van der Waals surface area contributed by atoms with Gasteiger partial charge in [-0.15, -0.1) is 0 Å². The van der Waals surface area contributed by atoms with E-state index in [1.165, 1.54) is 0 Å². The highest BCUT2D eigenvalue weighted by Crippen LogP contribution is 2.23. The van der Waals surface area contributed by atoms with Gasteiger partial charge in [0, 0.05) is 8.04 Å². The first-order valence-electron chi connectivity index (χ1n) is 3.92. The third-order valence-electron chi connectivity index (χ3n) is 1.88. The summed E-state index contributed by atoms with van der Waals surface area (Å²) in [5.74, 6) is 0. The Bertz CT molecular complexity index is 289. The number of halogens is 2. The van der Waals surface area contributed by atoms with Crippen molar-refractivity contribution in [2.45, 2.75) is 6.04 Å². The van der Waals surface area contributed by atoms with E-state index in [0.29, 0.717) is 0 Å². The lowest BCUT2D eigenvalue weighted by Crippen LogP contribution is -2.19. The van der Waals surface area contributed by atoms with Gasteiger partial charge in [-0.1, -0.05) is 6.07 Å². The van der Waals surface area contributed by atoms with Gasteiger partial charge in [-0.25, -0.2) is 0 Å². The summed E-state index contributed by atoms with van der Waals surface area (Å²) in [7, 11) is 1.84. The normalized spacial score (nSPS) is 12.9. The fraction of sp³-hybridized carbons (Fsp3) is 0.333. The van der Waals surface area contributed by atoms with Gasteiger partial charge in [-0.2, -0.15) is 0 Å². The minimum absolute atomic E-state index is 0.0293. The van der Waals surface area contributed by atoms with Crippen LogP contribution < -0.4 is 5.32 Å². The highest BCUT2D eigenvalue weighted by Gasteiger charge is 2.08. The minimum Gasteiger partial charge on any atom is -0.394 e. The van der Waals surface area contributed by atoms with Gasteiger partial charge in [0.2, 0.25) is 0 Å². The lowest BCUT2D eigenvalue weighted by atomic mass is 10.1. The SMILES string of the molecule is CN[C@H](CO)c1ccc(Br)c(I)c1. The summed E-state index contributed by atoms with van der Waals surface area (Å²) in [6.45, 7) is 0.119. The molecule has 0 aliphatic heterocycles. The second kappa shape index (κ2) is 5.29. The van der Waals surface area contributed by atoms with Gasteiger partial charge >= 0.3 is 0 Å². The number of aliphatic hydroxyl groups is 1. The molecule has 1 aromatic carbocycles. The van der Waals surface area contributed by atoms with Gasteiger partial charge in [0.05, 0.1) is 12.6 Å². The predicted molar refractivity (Wildman–Crippen MR) is 65.7 cm³/mol. The molecular formula is C9H11BrINO. The van der Waals surface area contributed by atoms with E-state index in [-0.39, 0.29) is 12.6 Å². The first kappa shape index (κ1) is 11.4. The fourth-order valence-corrected chi connectivity index (χ4v) is 1.88. The van der Waals surface area contributed by atoms with Crippen LogP contribution in [0.1, 0.15) is 11.6 Å². The van der Waals surface area contributed by atoms with E-state index in [1.54, 1.807) is 0 Å². The molecule has 72 valence electrons. The number of likely N-dealkylation sites (N-methyl/N-ethyl adjacent to an activating group) is 1. The molecule has 0 aromatic heterocycles. The maximum Gasteiger partial charge on any atom is 0.0626 e. The van der Waals surface area contributed by atoms with Crippen LogP contribution in [0.3, 0.4) is 0 Å². The van der Waals surface area contributed by atoms with Crippen LogP contribution in [0.4, 0.5) is 0 Å². The Labute approximate surface area is 100.0 Å². The topological polar surface area (TPSA) is 32.3 Å². The van der Waals surface area contributed by atoms with Crippen molar-refractivity contribution < 1.29 is 5.11 Å². The molecule has 2 nitrogen and oxygen atoms in total. The highest BCUT2D eigenvalue weighted by molar-refractivity contribution is 14.1. The molecule has 1 aromatic rings. The van der Waals surface area contributed by atoms with Crippen LogP contribution >= 0.6 is 38.5 Å². The van der Waals surface area contributed by atoms with E-state index in [9.17, 15) is 0 Å². The standard InChI is InChI=1S/C9H11BrINO/c1-12-9(5-13)6-2-3-7(10)8(11)4-6/h2-4,9,12-13H,5H2,1H3/t9-/m1/s1. The van der Waals surface area contributed by atoms with Gasteiger partial charge < -0.3 is 10.4 Å². The molecule has 0 spiro atoms. The minimum atomic E-state index is 0.0293. The average Bonchev–Trinajstić information content (AvgIpc) is 2.13. The largest absolute Gasteiger partial charge is 0.394 e. The summed E-state index contributed by atoms with van der Waals surface area (Å²) in [6, 6.07) is 6.09. The number of hydrogen-bond donors (Lipinski definition) is 2. The number of hydrogen-bond acceptors (Lipinski definition) is 2. The Morgan fingerprint density at radius 3 is 2.77 bits per heavy atom. The van der Waals surface area contributed by atoms with E-state index in [0.717, 1.165) is 13.6 Å². The fourth-order valence-electron chi connectivity index (χ4n) is 1.09. The Balaban J connectivity index is 2.95. The monoisotopic (exact) mass is 355 g/mol. The summed E-state index contributed by atoms with van der Waals surface area (Å²) < 4.78 is 2.24. The van der Waals surface area contributed by atoms with Crippen molar-refractivity contribution in [1.29, 1.82) is 0 Å². The maximum absolute atomic E-state index is 9.06. The van der Waals surface area contributed by atoms with E-state index in [2.05, 4.69) is 49.9 Å². The molecular weight excluding hydrogens is 345 g/mol. The number of nitrogens with one attached hydrogen (secondary N) is 1. The van der Waals surface area contributed by atoms with Gasteiger partial charge in [0.25, 0.3) is 0 Å². The Morgan fingerprint density at radius 1 is 1.62 bits per heavy atom. The predicted octanol–water partition coefficient (Wildman–Crippen LogP) is 2.31. The first-order valence-corrected chi connectivity index (χ1v) is 5.79. The molecule has 13 heavy (non-hydrogen) atoms. The molecule has 4 heteroatoms. The lowest BCUT2D eigenvalue weighted by molar-refractivity contribution is 0.251. The molecule has 2 N–H and O–H groups in total. The van der Waals surface area contributed by atoms with E-state index >= 15 is 0 Å². The molecule has 0 bridgehead atoms. The van der Waals surface area contributed by atoms with Crippen molar-refractivity contribution in [3.63, 3.8) is 0 Å². The zero-order valence-electron chi connectivity index (χ0n) is 7.22. The molecule has 1 rings (SSSR count). The van der Waals surface area contributed by atoms with Crippen LogP contribution in [-0.4, -0.2) is 18.8 Å². The van der Waals surface area contributed by atoms with Gasteiger partial charge in [0.1, 0.15) is 0 Å². The molecule has 0 radical (unpaired) electrons. The number of benzene rings is 1. The molecule has 0 saturated carbocycles. The second-order valence-electron chi connectivity index (χ2n) is 2.70. The van der Waals surface area contributed by atoms with E-state index < -0.39 is 0 Å². The van der Waals surface area contributed by atoms with Crippen molar-refractivity contribution in [2.24, 2.45) is 0 Å². The Morgan fingerprint density at radius 2 is 2.31 bits per heavy atom. The highest BCUT2D eigenvalue weighted by atomic mass is 127. The zero-order chi connectivity index (χ0) is 9.84. The van der Waals surface area contributed by atoms with Crippen molar-refractivity contribution in [3.05, 3.63) is 31.8 Å². The summed E-state index contributed by atoms with van der Waals surface area (Å²) >= 11 is 5.69. The Hall–Kier alpha value is 0.350. The van der Waals surface area contributed by atoms with Crippen LogP contribution in [0.2, 0.25) is 0 Å². The smallest absolute Gasteiger partial charge is 0.0626 e. The van der Waals surface area contributed by atoms with Crippen LogP contribution in [0, 0.1) is 3.57 Å². The summed E-state index contributed by atoms with van der Waals surface area (Å²) in [6.07, 6.45) is 0. The van der Waals surface area contributed by atoms with Crippen LogP contribution in [0.15, 0.2) is 22.7 Å². The van der Waals surface area contributed by atoms with E-state index in [1.807, 2.05) is 19.2 Å². The van der Waals surface area contributed by atoms with Crippen LogP contribution in [0.25, 0.3) is 0 Å². The van der Waals surface area contributed by atoms with Crippen molar-refractivity contribution in [2.75, 3.05) is 13.7 Å². The third-order valence-corrected chi connectivity index (χ3v) is 4.20. The Kier molecular flexibility index (Phi) is 4.64. The molecule has 0 unspecified atom stereocenters. The summed E-state index contributed by atoms with van der Waals surface area (Å²) in [4.78, 5) is 0. The van der Waals surface area contributed by atoms with Gasteiger partial charge in [-0.05, 0) is 63.3 Å². The molecule has 0 fully saturated rings. The van der Waals surface area contributed by atoms with Crippen molar-refractivity contribution >= 4 is 38.5 Å². The van der Waals surface area contributed by atoms with Crippen LogP contribution in [-0.2, 0) is 0 Å². The molecule has 0 heterocycles. The van der Waals surface area contributed by atoms with Crippen LogP contribution in [0.5, 0.6) is 0 Å². The quantitative estimate of drug-likeness (QED) is 0.815. The molecule has 1 atom stereocenters. The summed E-state index contributed by atoms with van der Waals surface area (Å²) in [5.41, 5.74) is 1.11. The molecule has 0 amide bonds. The molecule has 0 aliphatic carbocycles. The van der Waals surface area contributed by atoms with E-state index in [4.69, 9.17) is 5.11 Å². The van der Waals surface area contributed by atoms with Gasteiger partial charge in [-0.3, -0.25) is 0 Å². The maximum atomic E-state index is 9.06. The average molecular weight is 356 g/mol. The third kappa shape index (κ3) is 2.90.